The molecule has 0 spiro atoms. The third-order valence-electron chi connectivity index (χ3n) is 2.84. The Hall–Kier alpha value is -2.23. The molecule has 0 unspecified atom stereocenters. The molecule has 0 amide bonds. The Morgan fingerprint density at radius 1 is 1.16 bits per heavy atom. The number of aromatic nitrogens is 2. The van der Waals surface area contributed by atoms with Crippen molar-refractivity contribution in [1.82, 2.24) is 9.78 Å². The number of nitrogens with zero attached hydrogens (tertiary/aromatic N) is 2. The number of carbonyl (C=O) groups is 2. The zero-order valence-corrected chi connectivity index (χ0v) is 11.3. The van der Waals surface area contributed by atoms with E-state index in [2.05, 4.69) is 5.10 Å². The molecule has 1 heterocycles. The first kappa shape index (κ1) is 13.2. The van der Waals surface area contributed by atoms with Crippen molar-refractivity contribution < 1.29 is 9.59 Å². The predicted molar refractivity (Wildman–Crippen MR) is 73.1 cm³/mol. The highest BCUT2D eigenvalue weighted by atomic mass is 16.2. The quantitative estimate of drug-likeness (QED) is 0.848. The first-order valence-corrected chi connectivity index (χ1v) is 6.13. The molecule has 0 N–H and O–H groups in total. The molecular weight excluding hydrogens is 240 g/mol. The van der Waals surface area contributed by atoms with E-state index in [0.29, 0.717) is 5.69 Å². The Balaban J connectivity index is 2.48. The molecule has 0 aliphatic rings. The Morgan fingerprint density at radius 2 is 1.79 bits per heavy atom. The van der Waals surface area contributed by atoms with Crippen LogP contribution in [0.2, 0.25) is 0 Å². The lowest BCUT2D eigenvalue weighted by molar-refractivity contribution is -0.116. The second-order valence-corrected chi connectivity index (χ2v) is 4.70. The van der Waals surface area contributed by atoms with Crippen molar-refractivity contribution in [2.45, 2.75) is 27.2 Å². The van der Waals surface area contributed by atoms with Crippen molar-refractivity contribution in [3.05, 3.63) is 41.6 Å². The smallest absolute Gasteiger partial charge is 0.244 e. The molecular formula is C15H16N2O2. The van der Waals surface area contributed by atoms with Gasteiger partial charge in [-0.25, -0.2) is 4.68 Å². The molecule has 0 saturated heterocycles. The van der Waals surface area contributed by atoms with Crippen molar-refractivity contribution in [2.75, 3.05) is 0 Å². The van der Waals surface area contributed by atoms with E-state index in [1.165, 1.54) is 18.5 Å². The van der Waals surface area contributed by atoms with Crippen molar-refractivity contribution >= 4 is 11.7 Å². The lowest BCUT2D eigenvalue weighted by Gasteiger charge is -2.03. The Labute approximate surface area is 112 Å². The molecule has 0 aliphatic heterocycles. The van der Waals surface area contributed by atoms with Gasteiger partial charge in [-0.15, -0.1) is 0 Å². The van der Waals surface area contributed by atoms with Gasteiger partial charge < -0.3 is 0 Å². The van der Waals surface area contributed by atoms with E-state index in [1.54, 1.807) is 6.07 Å². The highest BCUT2D eigenvalue weighted by Gasteiger charge is 2.13. The van der Waals surface area contributed by atoms with Crippen LogP contribution in [0.25, 0.3) is 11.3 Å². The number of aryl methyl sites for hydroxylation is 1. The monoisotopic (exact) mass is 256 g/mol. The van der Waals surface area contributed by atoms with Crippen LogP contribution in [0.3, 0.4) is 0 Å². The molecule has 0 saturated carbocycles. The van der Waals surface area contributed by atoms with E-state index in [0.717, 1.165) is 16.8 Å². The first-order valence-electron chi connectivity index (χ1n) is 6.13. The average Bonchev–Trinajstić information content (AvgIpc) is 2.73. The van der Waals surface area contributed by atoms with Gasteiger partial charge in [0.2, 0.25) is 5.91 Å². The number of hydrogen-bond donors (Lipinski definition) is 0. The van der Waals surface area contributed by atoms with Crippen molar-refractivity contribution in [1.29, 1.82) is 0 Å². The zero-order valence-electron chi connectivity index (χ0n) is 11.3. The summed E-state index contributed by atoms with van der Waals surface area (Å²) in [6, 6.07) is 9.66. The van der Waals surface area contributed by atoms with Crippen LogP contribution in [-0.2, 0) is 11.2 Å². The maximum Gasteiger partial charge on any atom is 0.244 e. The van der Waals surface area contributed by atoms with E-state index in [9.17, 15) is 9.59 Å². The zero-order chi connectivity index (χ0) is 14.0. The SMILES string of the molecule is CC(=O)Cc1cc(-c2ccc(C)cc2)n(C(C)=O)n1. The molecule has 98 valence electrons. The van der Waals surface area contributed by atoms with E-state index >= 15 is 0 Å². The highest BCUT2D eigenvalue weighted by Crippen LogP contribution is 2.21. The van der Waals surface area contributed by atoms with Gasteiger partial charge in [-0.2, -0.15) is 5.10 Å². The van der Waals surface area contributed by atoms with Crippen molar-refractivity contribution in [3.63, 3.8) is 0 Å². The average molecular weight is 256 g/mol. The fourth-order valence-corrected chi connectivity index (χ4v) is 1.94. The minimum Gasteiger partial charge on any atom is -0.300 e. The van der Waals surface area contributed by atoms with Gasteiger partial charge in [0.25, 0.3) is 0 Å². The Kier molecular flexibility index (Phi) is 3.60. The minimum atomic E-state index is -0.162. The second kappa shape index (κ2) is 5.18. The number of Topliss-reactive ketones (excluding diaryl/α,β-unsaturated/α-hetero) is 1. The van der Waals surface area contributed by atoms with Gasteiger partial charge >= 0.3 is 0 Å². The molecule has 19 heavy (non-hydrogen) atoms. The molecule has 1 aromatic carbocycles. The van der Waals surface area contributed by atoms with E-state index in [4.69, 9.17) is 0 Å². The van der Waals surface area contributed by atoms with Gasteiger partial charge in [0.15, 0.2) is 0 Å². The molecule has 0 atom stereocenters. The Bertz CT molecular complexity index is 624. The van der Waals surface area contributed by atoms with Crippen LogP contribution < -0.4 is 0 Å². The summed E-state index contributed by atoms with van der Waals surface area (Å²) in [4.78, 5) is 22.8. The van der Waals surface area contributed by atoms with Crippen LogP contribution in [0.15, 0.2) is 30.3 Å². The van der Waals surface area contributed by atoms with Gasteiger partial charge in [0.05, 0.1) is 17.8 Å². The lowest BCUT2D eigenvalue weighted by atomic mass is 10.1. The molecule has 0 radical (unpaired) electrons. The van der Waals surface area contributed by atoms with Gasteiger partial charge in [-0.1, -0.05) is 29.8 Å². The number of benzene rings is 1. The van der Waals surface area contributed by atoms with Crippen LogP contribution >= 0.6 is 0 Å². The van der Waals surface area contributed by atoms with E-state index in [1.807, 2.05) is 31.2 Å². The summed E-state index contributed by atoms with van der Waals surface area (Å²) in [6.07, 6.45) is 0.249. The van der Waals surface area contributed by atoms with Crippen LogP contribution in [0.1, 0.15) is 29.9 Å². The topological polar surface area (TPSA) is 52.0 Å². The maximum absolute atomic E-state index is 11.6. The van der Waals surface area contributed by atoms with Crippen molar-refractivity contribution in [2.24, 2.45) is 0 Å². The standard InChI is InChI=1S/C15H16N2O2/c1-10-4-6-13(7-5-10)15-9-14(8-11(2)18)16-17(15)12(3)19/h4-7,9H,8H2,1-3H3. The fraction of sp³-hybridized carbons (Fsp3) is 0.267. The third kappa shape index (κ3) is 2.96. The highest BCUT2D eigenvalue weighted by molar-refractivity contribution is 5.82. The summed E-state index contributed by atoms with van der Waals surface area (Å²) < 4.78 is 1.35. The Morgan fingerprint density at radius 3 is 2.32 bits per heavy atom. The number of ketones is 1. The fourth-order valence-electron chi connectivity index (χ4n) is 1.94. The molecule has 2 aromatic rings. The number of hydrogen-bond acceptors (Lipinski definition) is 3. The summed E-state index contributed by atoms with van der Waals surface area (Å²) >= 11 is 0. The van der Waals surface area contributed by atoms with Crippen LogP contribution in [0.4, 0.5) is 0 Å². The molecule has 4 heteroatoms. The molecule has 4 nitrogen and oxygen atoms in total. The van der Waals surface area contributed by atoms with Crippen molar-refractivity contribution in [3.8, 4) is 11.3 Å². The number of carbonyl (C=O) groups excluding carboxylic acids is 2. The van der Waals surface area contributed by atoms with Crippen LogP contribution in [0.5, 0.6) is 0 Å². The van der Waals surface area contributed by atoms with Gasteiger partial charge in [0, 0.05) is 12.5 Å². The third-order valence-corrected chi connectivity index (χ3v) is 2.84. The van der Waals surface area contributed by atoms with Gasteiger partial charge in [-0.05, 0) is 19.9 Å². The maximum atomic E-state index is 11.6. The summed E-state index contributed by atoms with van der Waals surface area (Å²) in [5, 5.41) is 4.19. The molecule has 2 rings (SSSR count). The molecule has 0 fully saturated rings. The summed E-state index contributed by atoms with van der Waals surface area (Å²) in [6.45, 7) is 4.98. The predicted octanol–water partition coefficient (Wildman–Crippen LogP) is 2.65. The largest absolute Gasteiger partial charge is 0.300 e. The number of rotatable bonds is 3. The van der Waals surface area contributed by atoms with E-state index in [-0.39, 0.29) is 18.1 Å². The summed E-state index contributed by atoms with van der Waals surface area (Å²) in [5.74, 6) is -0.131. The van der Waals surface area contributed by atoms with Crippen LogP contribution in [-0.4, -0.2) is 21.5 Å². The van der Waals surface area contributed by atoms with E-state index < -0.39 is 0 Å². The second-order valence-electron chi connectivity index (χ2n) is 4.70. The summed E-state index contributed by atoms with van der Waals surface area (Å²) in [5.41, 5.74) is 3.42. The van der Waals surface area contributed by atoms with Gasteiger partial charge in [0.1, 0.15) is 5.78 Å². The summed E-state index contributed by atoms with van der Waals surface area (Å²) in [7, 11) is 0. The normalized spacial score (nSPS) is 10.5. The first-order chi connectivity index (χ1) is 8.97. The lowest BCUT2D eigenvalue weighted by Crippen LogP contribution is -2.10. The minimum absolute atomic E-state index is 0.0312. The molecule has 0 aliphatic carbocycles. The molecule has 0 bridgehead atoms. The molecule has 1 aromatic heterocycles. The van der Waals surface area contributed by atoms with Gasteiger partial charge in [-0.3, -0.25) is 9.59 Å². The van der Waals surface area contributed by atoms with Crippen LogP contribution in [0, 0.1) is 6.92 Å².